The third-order valence-corrected chi connectivity index (χ3v) is 3.66. The Morgan fingerprint density at radius 1 is 0.880 bits per heavy atom. The second-order valence-electron chi connectivity index (χ2n) is 5.26. The van der Waals surface area contributed by atoms with E-state index in [1.54, 1.807) is 0 Å². The number of hydrazine groups is 1. The lowest BCUT2D eigenvalue weighted by Crippen LogP contribution is -2.45. The van der Waals surface area contributed by atoms with Crippen molar-refractivity contribution in [3.63, 3.8) is 0 Å². The highest BCUT2D eigenvalue weighted by molar-refractivity contribution is 7.80. The molecule has 0 atom stereocenters. The molecule has 0 aliphatic rings. The van der Waals surface area contributed by atoms with Gasteiger partial charge in [-0.05, 0) is 35.8 Å². The second kappa shape index (κ2) is 8.12. The molecule has 6 heteroatoms. The van der Waals surface area contributed by atoms with Crippen LogP contribution in [0.1, 0.15) is 0 Å². The largest absolute Gasteiger partial charge is 0.483 e. The molecule has 0 spiro atoms. The Hall–Kier alpha value is -3.12. The third-order valence-electron chi connectivity index (χ3n) is 3.46. The van der Waals surface area contributed by atoms with Crippen molar-refractivity contribution in [1.82, 2.24) is 10.9 Å². The standard InChI is InChI=1S/C19H17N3O2S/c23-18(21-22-19(25)20-15-9-2-1-3-10-15)13-24-17-12-6-8-14-7-4-5-11-16(14)17/h1-12H,13H2,(H,21,23)(H2,20,22,25). The summed E-state index contributed by atoms with van der Waals surface area (Å²) in [5.74, 6) is 0.336. The first kappa shape index (κ1) is 16.7. The highest BCUT2D eigenvalue weighted by Gasteiger charge is 2.06. The van der Waals surface area contributed by atoms with Crippen LogP contribution in [0.3, 0.4) is 0 Å². The Balaban J connectivity index is 1.49. The van der Waals surface area contributed by atoms with Crippen molar-refractivity contribution >= 4 is 39.7 Å². The number of thiocarbonyl (C=S) groups is 1. The quantitative estimate of drug-likeness (QED) is 0.498. The molecule has 3 N–H and O–H groups in total. The van der Waals surface area contributed by atoms with E-state index in [1.807, 2.05) is 72.8 Å². The summed E-state index contributed by atoms with van der Waals surface area (Å²) in [5, 5.41) is 5.28. The van der Waals surface area contributed by atoms with Crippen LogP contribution >= 0.6 is 12.2 Å². The van der Waals surface area contributed by atoms with Crippen molar-refractivity contribution < 1.29 is 9.53 Å². The van der Waals surface area contributed by atoms with Gasteiger partial charge in [0.05, 0.1) is 0 Å². The molecule has 1 amide bonds. The molecule has 0 aromatic heterocycles. The molecule has 126 valence electrons. The number of hydrogen-bond acceptors (Lipinski definition) is 3. The molecule has 0 saturated heterocycles. The van der Waals surface area contributed by atoms with E-state index in [9.17, 15) is 4.79 Å². The minimum atomic E-state index is -0.329. The number of carbonyl (C=O) groups excluding carboxylic acids is 1. The van der Waals surface area contributed by atoms with Crippen LogP contribution in [0.15, 0.2) is 72.8 Å². The van der Waals surface area contributed by atoms with Gasteiger partial charge >= 0.3 is 0 Å². The van der Waals surface area contributed by atoms with Gasteiger partial charge in [0.1, 0.15) is 5.75 Å². The van der Waals surface area contributed by atoms with Gasteiger partial charge in [0, 0.05) is 11.1 Å². The number of nitrogens with one attached hydrogen (secondary N) is 3. The van der Waals surface area contributed by atoms with Gasteiger partial charge in [0.2, 0.25) is 0 Å². The number of anilines is 1. The molecule has 0 saturated carbocycles. The van der Waals surface area contributed by atoms with Crippen LogP contribution in [0, 0.1) is 0 Å². The fraction of sp³-hybridized carbons (Fsp3) is 0.0526. The second-order valence-corrected chi connectivity index (χ2v) is 5.67. The molecule has 3 rings (SSSR count). The minimum absolute atomic E-state index is 0.116. The molecule has 3 aromatic rings. The maximum Gasteiger partial charge on any atom is 0.276 e. The van der Waals surface area contributed by atoms with Crippen molar-refractivity contribution in [2.45, 2.75) is 0 Å². The first-order valence-electron chi connectivity index (χ1n) is 7.74. The first-order valence-corrected chi connectivity index (χ1v) is 8.14. The van der Waals surface area contributed by atoms with Crippen molar-refractivity contribution in [1.29, 1.82) is 0 Å². The van der Waals surface area contributed by atoms with Gasteiger partial charge in [0.25, 0.3) is 5.91 Å². The average Bonchev–Trinajstić information content (AvgIpc) is 2.65. The smallest absolute Gasteiger partial charge is 0.276 e. The van der Waals surface area contributed by atoms with Crippen LogP contribution in [-0.4, -0.2) is 17.6 Å². The van der Waals surface area contributed by atoms with Crippen molar-refractivity contribution in [2.24, 2.45) is 0 Å². The lowest BCUT2D eigenvalue weighted by atomic mass is 10.1. The molecule has 3 aromatic carbocycles. The number of hydrogen-bond donors (Lipinski definition) is 3. The van der Waals surface area contributed by atoms with Crippen molar-refractivity contribution in [3.05, 3.63) is 72.8 Å². The fourth-order valence-electron chi connectivity index (χ4n) is 2.31. The number of amides is 1. The van der Waals surface area contributed by atoms with Gasteiger partial charge < -0.3 is 10.1 Å². The fourth-order valence-corrected chi connectivity index (χ4v) is 2.48. The van der Waals surface area contributed by atoms with Crippen LogP contribution in [0.2, 0.25) is 0 Å². The lowest BCUT2D eigenvalue weighted by Gasteiger charge is -2.12. The van der Waals surface area contributed by atoms with Crippen molar-refractivity contribution in [3.8, 4) is 5.75 Å². The van der Waals surface area contributed by atoms with Gasteiger partial charge in [0.15, 0.2) is 11.7 Å². The molecule has 0 aliphatic carbocycles. The molecular weight excluding hydrogens is 334 g/mol. The highest BCUT2D eigenvalue weighted by atomic mass is 32.1. The topological polar surface area (TPSA) is 62.4 Å². The molecular formula is C19H17N3O2S. The summed E-state index contributed by atoms with van der Waals surface area (Å²) in [6, 6.07) is 23.0. The molecule has 0 heterocycles. The van der Waals surface area contributed by atoms with E-state index >= 15 is 0 Å². The van der Waals surface area contributed by atoms with Gasteiger partial charge in [-0.3, -0.25) is 15.6 Å². The summed E-state index contributed by atoms with van der Waals surface area (Å²) in [6.45, 7) is -0.116. The normalized spacial score (nSPS) is 10.1. The number of benzene rings is 3. The third kappa shape index (κ3) is 4.68. The molecule has 0 unspecified atom stereocenters. The summed E-state index contributed by atoms with van der Waals surface area (Å²) < 4.78 is 5.62. The van der Waals surface area contributed by atoms with Crippen LogP contribution in [0.5, 0.6) is 5.75 Å². The van der Waals surface area contributed by atoms with Crippen LogP contribution in [-0.2, 0) is 4.79 Å². The zero-order chi connectivity index (χ0) is 17.5. The van der Waals surface area contributed by atoms with E-state index < -0.39 is 0 Å². The lowest BCUT2D eigenvalue weighted by molar-refractivity contribution is -0.123. The Morgan fingerprint density at radius 2 is 1.60 bits per heavy atom. The Labute approximate surface area is 151 Å². The highest BCUT2D eigenvalue weighted by Crippen LogP contribution is 2.24. The maximum atomic E-state index is 11.9. The van der Waals surface area contributed by atoms with Crippen molar-refractivity contribution in [2.75, 3.05) is 11.9 Å². The van der Waals surface area contributed by atoms with Gasteiger partial charge in [-0.25, -0.2) is 0 Å². The van der Waals surface area contributed by atoms with Gasteiger partial charge in [-0.1, -0.05) is 54.6 Å². The molecule has 0 radical (unpaired) electrons. The number of fused-ring (bicyclic) bond motifs is 1. The molecule has 0 fully saturated rings. The van der Waals surface area contributed by atoms with Gasteiger partial charge in [-0.2, -0.15) is 0 Å². The number of ether oxygens (including phenoxy) is 1. The molecule has 25 heavy (non-hydrogen) atoms. The molecule has 5 nitrogen and oxygen atoms in total. The van der Waals surface area contributed by atoms with E-state index in [4.69, 9.17) is 17.0 Å². The summed E-state index contributed by atoms with van der Waals surface area (Å²) in [4.78, 5) is 11.9. The summed E-state index contributed by atoms with van der Waals surface area (Å²) in [5.41, 5.74) is 5.98. The van der Waals surface area contributed by atoms with Crippen LogP contribution in [0.25, 0.3) is 10.8 Å². The Bertz CT molecular complexity index is 879. The first-order chi connectivity index (χ1) is 12.2. The maximum absolute atomic E-state index is 11.9. The van der Waals surface area contributed by atoms with Gasteiger partial charge in [-0.15, -0.1) is 0 Å². The zero-order valence-corrected chi connectivity index (χ0v) is 14.2. The average molecular weight is 351 g/mol. The van der Waals surface area contributed by atoms with E-state index in [2.05, 4.69) is 16.2 Å². The summed E-state index contributed by atoms with van der Waals surface area (Å²) >= 11 is 5.12. The van der Waals surface area contributed by atoms with Crippen LogP contribution < -0.4 is 20.9 Å². The number of carbonyl (C=O) groups is 1. The predicted molar refractivity (Wildman–Crippen MR) is 103 cm³/mol. The zero-order valence-electron chi connectivity index (χ0n) is 13.4. The molecule has 0 aliphatic heterocycles. The van der Waals surface area contributed by atoms with E-state index in [-0.39, 0.29) is 12.5 Å². The number of para-hydroxylation sites is 1. The summed E-state index contributed by atoms with van der Waals surface area (Å²) in [6.07, 6.45) is 0. The molecule has 0 bridgehead atoms. The van der Waals surface area contributed by atoms with E-state index in [0.29, 0.717) is 10.9 Å². The Morgan fingerprint density at radius 3 is 2.44 bits per heavy atom. The number of rotatable bonds is 4. The summed E-state index contributed by atoms with van der Waals surface area (Å²) in [7, 11) is 0. The van der Waals surface area contributed by atoms with E-state index in [0.717, 1.165) is 16.5 Å². The monoisotopic (exact) mass is 351 g/mol. The predicted octanol–water partition coefficient (Wildman–Crippen LogP) is 3.24. The van der Waals surface area contributed by atoms with E-state index in [1.165, 1.54) is 0 Å². The SMILES string of the molecule is O=C(COc1cccc2ccccc12)NNC(=S)Nc1ccccc1. The Kier molecular flexibility index (Phi) is 5.43. The minimum Gasteiger partial charge on any atom is -0.483 e. The van der Waals surface area contributed by atoms with Crippen LogP contribution in [0.4, 0.5) is 5.69 Å².